The predicted octanol–water partition coefficient (Wildman–Crippen LogP) is 2.99. The Bertz CT molecular complexity index is 472. The first-order valence-corrected chi connectivity index (χ1v) is 4.44. The highest BCUT2D eigenvalue weighted by molar-refractivity contribution is 6.39. The molecule has 0 aliphatic heterocycles. The number of fused-ring (bicyclic) bond motifs is 1. The van der Waals surface area contributed by atoms with Crippen LogP contribution in [0.15, 0.2) is 12.4 Å². The molecule has 2 rings (SSSR count). The second kappa shape index (κ2) is 3.25. The molecule has 0 unspecified atom stereocenters. The van der Waals surface area contributed by atoms with Crippen molar-refractivity contribution in [2.24, 2.45) is 0 Å². The first kappa shape index (κ1) is 8.94. The Hall–Kier alpha value is -0.640. The van der Waals surface area contributed by atoms with Crippen LogP contribution >= 0.6 is 34.8 Å². The van der Waals surface area contributed by atoms with E-state index in [-0.39, 0.29) is 10.3 Å². The van der Waals surface area contributed by atoms with Gasteiger partial charge in [0.2, 0.25) is 0 Å². The van der Waals surface area contributed by atoms with Gasteiger partial charge in [0.1, 0.15) is 22.2 Å². The van der Waals surface area contributed by atoms with Gasteiger partial charge in [-0.25, -0.2) is 15.0 Å². The lowest BCUT2D eigenvalue weighted by Crippen LogP contribution is -1.87. The quantitative estimate of drug-likeness (QED) is 0.519. The summed E-state index contributed by atoms with van der Waals surface area (Å²) in [6.45, 7) is 0. The fourth-order valence-electron chi connectivity index (χ4n) is 0.964. The Morgan fingerprint density at radius 1 is 1.00 bits per heavy atom. The monoisotopic (exact) mass is 233 g/mol. The molecule has 3 nitrogen and oxygen atoms in total. The van der Waals surface area contributed by atoms with E-state index in [2.05, 4.69) is 15.0 Å². The van der Waals surface area contributed by atoms with E-state index in [1.54, 1.807) is 6.07 Å². The number of aromatic nitrogens is 3. The van der Waals surface area contributed by atoms with Gasteiger partial charge < -0.3 is 0 Å². The van der Waals surface area contributed by atoms with E-state index in [1.165, 1.54) is 6.33 Å². The minimum Gasteiger partial charge on any atom is -0.233 e. The predicted molar refractivity (Wildman–Crippen MR) is 52.4 cm³/mol. The smallest absolute Gasteiger partial charge is 0.157 e. The maximum absolute atomic E-state index is 5.80. The van der Waals surface area contributed by atoms with Crippen molar-refractivity contribution in [3.8, 4) is 0 Å². The van der Waals surface area contributed by atoms with Crippen molar-refractivity contribution in [3.05, 3.63) is 27.9 Å². The summed E-state index contributed by atoms with van der Waals surface area (Å²) in [4.78, 5) is 11.6. The summed E-state index contributed by atoms with van der Waals surface area (Å²) in [7, 11) is 0. The molecule has 2 heterocycles. The Morgan fingerprint density at radius 2 is 1.77 bits per heavy atom. The largest absolute Gasteiger partial charge is 0.233 e. The molecule has 13 heavy (non-hydrogen) atoms. The SMILES string of the molecule is Clc1cc2c(Cl)ncnc2c(Cl)n1. The highest BCUT2D eigenvalue weighted by Crippen LogP contribution is 2.26. The third kappa shape index (κ3) is 1.55. The van der Waals surface area contributed by atoms with Crippen LogP contribution in [0.4, 0.5) is 0 Å². The lowest BCUT2D eigenvalue weighted by Gasteiger charge is -2.00. The highest BCUT2D eigenvalue weighted by Gasteiger charge is 2.07. The number of rotatable bonds is 0. The van der Waals surface area contributed by atoms with E-state index in [4.69, 9.17) is 34.8 Å². The number of pyridine rings is 1. The van der Waals surface area contributed by atoms with Crippen LogP contribution in [0.25, 0.3) is 10.9 Å². The first-order valence-electron chi connectivity index (χ1n) is 3.31. The maximum atomic E-state index is 5.80. The van der Waals surface area contributed by atoms with Crippen LogP contribution in [-0.2, 0) is 0 Å². The van der Waals surface area contributed by atoms with Crippen molar-refractivity contribution < 1.29 is 0 Å². The fraction of sp³-hybridized carbons (Fsp3) is 0. The summed E-state index contributed by atoms with van der Waals surface area (Å²) in [6, 6.07) is 1.57. The molecule has 0 atom stereocenters. The van der Waals surface area contributed by atoms with Gasteiger partial charge in [-0.3, -0.25) is 0 Å². The second-order valence-corrected chi connectivity index (χ2v) is 3.40. The summed E-state index contributed by atoms with van der Waals surface area (Å²) in [6.07, 6.45) is 1.33. The van der Waals surface area contributed by atoms with Crippen LogP contribution in [0.5, 0.6) is 0 Å². The molecule has 0 bridgehead atoms. The summed E-state index contributed by atoms with van der Waals surface area (Å²) < 4.78 is 0. The molecular weight excluding hydrogens is 232 g/mol. The molecule has 0 N–H and O–H groups in total. The van der Waals surface area contributed by atoms with Gasteiger partial charge in [0.25, 0.3) is 0 Å². The van der Waals surface area contributed by atoms with Crippen LogP contribution in [0, 0.1) is 0 Å². The van der Waals surface area contributed by atoms with E-state index in [9.17, 15) is 0 Å². The Balaban J connectivity index is 2.94. The van der Waals surface area contributed by atoms with Gasteiger partial charge in [0, 0.05) is 5.39 Å². The van der Waals surface area contributed by atoms with Crippen molar-refractivity contribution in [2.45, 2.75) is 0 Å². The Labute approximate surface area is 88.7 Å². The average Bonchev–Trinajstić information content (AvgIpc) is 2.07. The van der Waals surface area contributed by atoms with Gasteiger partial charge in [0.15, 0.2) is 5.15 Å². The van der Waals surface area contributed by atoms with E-state index in [0.717, 1.165) is 0 Å². The van der Waals surface area contributed by atoms with Gasteiger partial charge in [0.05, 0.1) is 0 Å². The number of hydrogen-bond donors (Lipinski definition) is 0. The van der Waals surface area contributed by atoms with Gasteiger partial charge in [-0.15, -0.1) is 0 Å². The lowest BCUT2D eigenvalue weighted by molar-refractivity contribution is 1.20. The Morgan fingerprint density at radius 3 is 2.54 bits per heavy atom. The molecule has 0 saturated heterocycles. The van der Waals surface area contributed by atoms with Crippen molar-refractivity contribution in [2.75, 3.05) is 0 Å². The Kier molecular flexibility index (Phi) is 2.24. The minimum atomic E-state index is 0.229. The van der Waals surface area contributed by atoms with Crippen LogP contribution in [0.3, 0.4) is 0 Å². The lowest BCUT2D eigenvalue weighted by atomic mass is 10.3. The van der Waals surface area contributed by atoms with Gasteiger partial charge in [-0.2, -0.15) is 0 Å². The summed E-state index contributed by atoms with van der Waals surface area (Å²) >= 11 is 17.3. The molecule has 6 heteroatoms. The molecule has 0 spiro atoms. The molecule has 0 aliphatic carbocycles. The number of nitrogens with zero attached hydrogens (tertiary/aromatic N) is 3. The van der Waals surface area contributed by atoms with E-state index < -0.39 is 0 Å². The van der Waals surface area contributed by atoms with Crippen LogP contribution < -0.4 is 0 Å². The molecule has 0 aliphatic rings. The van der Waals surface area contributed by atoms with Gasteiger partial charge >= 0.3 is 0 Å². The van der Waals surface area contributed by atoms with Crippen LogP contribution in [-0.4, -0.2) is 15.0 Å². The topological polar surface area (TPSA) is 38.7 Å². The summed E-state index contributed by atoms with van der Waals surface area (Å²) in [5.74, 6) is 0. The third-order valence-corrected chi connectivity index (χ3v) is 2.26. The average molecular weight is 234 g/mol. The highest BCUT2D eigenvalue weighted by atomic mass is 35.5. The van der Waals surface area contributed by atoms with E-state index >= 15 is 0 Å². The van der Waals surface area contributed by atoms with Crippen LogP contribution in [0.2, 0.25) is 15.5 Å². The van der Waals surface area contributed by atoms with Crippen molar-refractivity contribution in [1.29, 1.82) is 0 Å². The minimum absolute atomic E-state index is 0.229. The summed E-state index contributed by atoms with van der Waals surface area (Å²) in [5, 5.41) is 1.42. The number of hydrogen-bond acceptors (Lipinski definition) is 3. The van der Waals surface area contributed by atoms with Crippen LogP contribution in [0.1, 0.15) is 0 Å². The molecular formula is C7H2Cl3N3. The molecule has 0 fully saturated rings. The molecule has 0 saturated carbocycles. The van der Waals surface area contributed by atoms with E-state index in [1.807, 2.05) is 0 Å². The zero-order valence-corrected chi connectivity index (χ0v) is 8.40. The zero-order chi connectivity index (χ0) is 9.42. The molecule has 0 amide bonds. The second-order valence-electron chi connectivity index (χ2n) is 2.30. The molecule has 66 valence electrons. The molecule has 2 aromatic heterocycles. The van der Waals surface area contributed by atoms with E-state index in [0.29, 0.717) is 16.1 Å². The zero-order valence-electron chi connectivity index (χ0n) is 6.13. The molecule has 0 radical (unpaired) electrons. The summed E-state index contributed by atoms with van der Waals surface area (Å²) in [5.41, 5.74) is 0.506. The third-order valence-electron chi connectivity index (χ3n) is 1.50. The van der Waals surface area contributed by atoms with Gasteiger partial charge in [-0.1, -0.05) is 34.8 Å². The first-order chi connectivity index (χ1) is 6.18. The van der Waals surface area contributed by atoms with Crippen molar-refractivity contribution >= 4 is 45.7 Å². The molecule has 2 aromatic rings. The normalized spacial score (nSPS) is 10.7. The number of halogens is 3. The van der Waals surface area contributed by atoms with Crippen molar-refractivity contribution in [3.63, 3.8) is 0 Å². The maximum Gasteiger partial charge on any atom is 0.157 e. The molecule has 0 aromatic carbocycles. The van der Waals surface area contributed by atoms with Gasteiger partial charge in [-0.05, 0) is 6.07 Å². The fourth-order valence-corrected chi connectivity index (χ4v) is 1.63. The van der Waals surface area contributed by atoms with Crippen molar-refractivity contribution in [1.82, 2.24) is 15.0 Å². The standard InChI is InChI=1S/C7H2Cl3N3/c8-4-1-3-5(7(10)13-4)11-2-12-6(3)9/h1-2H.